The number of carbonyl (C=O) groups excluding carboxylic acids is 1. The Bertz CT molecular complexity index is 279. The fourth-order valence-corrected chi connectivity index (χ4v) is 3.43. The molecule has 0 spiro atoms. The topological polar surface area (TPSA) is 58.4 Å². The number of carbonyl (C=O) groups is 1. The first kappa shape index (κ1) is 14.8. The van der Waals surface area contributed by atoms with Crippen LogP contribution in [0.2, 0.25) is 0 Å². The highest BCUT2D eigenvalue weighted by molar-refractivity contribution is 5.76. The van der Waals surface area contributed by atoms with Gasteiger partial charge < -0.3 is 16.0 Å². The van der Waals surface area contributed by atoms with Crippen LogP contribution in [0.5, 0.6) is 0 Å². The third-order valence-corrected chi connectivity index (χ3v) is 4.49. The second-order valence-corrected chi connectivity index (χ2v) is 6.35. The van der Waals surface area contributed by atoms with E-state index < -0.39 is 0 Å². The number of piperidine rings is 1. The van der Waals surface area contributed by atoms with Gasteiger partial charge in [0.1, 0.15) is 0 Å². The zero-order valence-corrected chi connectivity index (χ0v) is 12.2. The highest BCUT2D eigenvalue weighted by atomic mass is 16.1. The molecule has 1 unspecified atom stereocenters. The van der Waals surface area contributed by atoms with Crippen LogP contribution in [0.25, 0.3) is 0 Å². The van der Waals surface area contributed by atoms with Crippen LogP contribution in [-0.4, -0.2) is 42.0 Å². The molecule has 1 heterocycles. The summed E-state index contributed by atoms with van der Waals surface area (Å²) in [5.41, 5.74) is 5.65. The van der Waals surface area contributed by atoms with Crippen molar-refractivity contribution < 1.29 is 4.79 Å². The van der Waals surface area contributed by atoms with Gasteiger partial charge in [0.2, 0.25) is 5.91 Å². The molecule has 19 heavy (non-hydrogen) atoms. The number of rotatable bonds is 4. The Morgan fingerprint density at radius 3 is 2.42 bits per heavy atom. The fraction of sp³-hybridized carbons (Fsp3) is 0.933. The maximum Gasteiger partial charge on any atom is 0.221 e. The van der Waals surface area contributed by atoms with E-state index in [1.807, 2.05) is 6.92 Å². The zero-order chi connectivity index (χ0) is 13.7. The standard InChI is InChI=1S/C15H29N3O/c1-12(16)11-15(19)17-13-7-9-18(10-8-13)14-5-3-2-4-6-14/h12-14H,2-11,16H2,1H3,(H,17,19). The van der Waals surface area contributed by atoms with Crippen molar-refractivity contribution in [3.63, 3.8) is 0 Å². The number of nitrogens with one attached hydrogen (secondary N) is 1. The molecule has 0 radical (unpaired) electrons. The van der Waals surface area contributed by atoms with Gasteiger partial charge in [-0.3, -0.25) is 4.79 Å². The van der Waals surface area contributed by atoms with E-state index in [-0.39, 0.29) is 11.9 Å². The van der Waals surface area contributed by atoms with Crippen LogP contribution < -0.4 is 11.1 Å². The Morgan fingerprint density at radius 2 is 1.84 bits per heavy atom. The number of nitrogens with zero attached hydrogens (tertiary/aromatic N) is 1. The lowest BCUT2D eigenvalue weighted by molar-refractivity contribution is -0.122. The monoisotopic (exact) mass is 267 g/mol. The second-order valence-electron chi connectivity index (χ2n) is 6.35. The molecule has 4 nitrogen and oxygen atoms in total. The highest BCUT2D eigenvalue weighted by Crippen LogP contribution is 2.25. The van der Waals surface area contributed by atoms with Gasteiger partial charge in [-0.15, -0.1) is 0 Å². The Kier molecular flexibility index (Phi) is 5.64. The van der Waals surface area contributed by atoms with E-state index in [2.05, 4.69) is 10.2 Å². The van der Waals surface area contributed by atoms with Crippen molar-refractivity contribution in [2.45, 2.75) is 76.4 Å². The van der Waals surface area contributed by atoms with Crippen molar-refractivity contribution in [1.82, 2.24) is 10.2 Å². The minimum absolute atomic E-state index is 0.0395. The van der Waals surface area contributed by atoms with Crippen LogP contribution in [0.4, 0.5) is 0 Å². The lowest BCUT2D eigenvalue weighted by atomic mass is 9.92. The predicted molar refractivity (Wildman–Crippen MR) is 77.9 cm³/mol. The molecule has 2 aliphatic rings. The molecule has 1 amide bonds. The first-order valence-electron chi connectivity index (χ1n) is 7.94. The number of nitrogens with two attached hydrogens (primary N) is 1. The van der Waals surface area contributed by atoms with Crippen molar-refractivity contribution in [3.8, 4) is 0 Å². The van der Waals surface area contributed by atoms with Gasteiger partial charge >= 0.3 is 0 Å². The minimum atomic E-state index is -0.0395. The Morgan fingerprint density at radius 1 is 1.21 bits per heavy atom. The lowest BCUT2D eigenvalue weighted by Crippen LogP contribution is -2.48. The van der Waals surface area contributed by atoms with Crippen molar-refractivity contribution in [2.75, 3.05) is 13.1 Å². The van der Waals surface area contributed by atoms with Crippen LogP contribution in [-0.2, 0) is 4.79 Å². The molecular weight excluding hydrogens is 238 g/mol. The van der Waals surface area contributed by atoms with Gasteiger partial charge in [0.15, 0.2) is 0 Å². The van der Waals surface area contributed by atoms with E-state index in [9.17, 15) is 4.79 Å². The second kappa shape index (κ2) is 7.25. The Labute approximate surface area is 117 Å². The quantitative estimate of drug-likeness (QED) is 0.814. The molecular formula is C15H29N3O. The summed E-state index contributed by atoms with van der Waals surface area (Å²) in [6, 6.07) is 1.14. The molecule has 3 N–H and O–H groups in total. The zero-order valence-electron chi connectivity index (χ0n) is 12.2. The summed E-state index contributed by atoms with van der Waals surface area (Å²) in [6.07, 6.45) is 9.61. The van der Waals surface area contributed by atoms with E-state index in [1.165, 1.54) is 32.1 Å². The summed E-state index contributed by atoms with van der Waals surface area (Å²) >= 11 is 0. The van der Waals surface area contributed by atoms with Gasteiger partial charge in [-0.25, -0.2) is 0 Å². The summed E-state index contributed by atoms with van der Waals surface area (Å²) in [7, 11) is 0. The van der Waals surface area contributed by atoms with Crippen molar-refractivity contribution in [3.05, 3.63) is 0 Å². The molecule has 1 aliphatic heterocycles. The Balaban J connectivity index is 1.68. The molecule has 0 aromatic carbocycles. The van der Waals surface area contributed by atoms with Crippen LogP contribution in [0.1, 0.15) is 58.3 Å². The summed E-state index contributed by atoms with van der Waals surface area (Å²) in [5.74, 6) is 0.117. The molecule has 1 aliphatic carbocycles. The molecule has 110 valence electrons. The number of hydrogen-bond acceptors (Lipinski definition) is 3. The minimum Gasteiger partial charge on any atom is -0.353 e. The van der Waals surface area contributed by atoms with E-state index in [1.54, 1.807) is 0 Å². The normalized spacial score (nSPS) is 25.2. The average molecular weight is 267 g/mol. The summed E-state index contributed by atoms with van der Waals surface area (Å²) in [5, 5.41) is 3.13. The maximum absolute atomic E-state index is 11.7. The molecule has 0 aromatic rings. The van der Waals surface area contributed by atoms with E-state index >= 15 is 0 Å². The first-order chi connectivity index (χ1) is 9.15. The van der Waals surface area contributed by atoms with E-state index in [0.29, 0.717) is 12.5 Å². The number of amides is 1. The largest absolute Gasteiger partial charge is 0.353 e. The summed E-state index contributed by atoms with van der Waals surface area (Å²) in [6.45, 7) is 4.17. The third kappa shape index (κ3) is 4.77. The molecule has 1 saturated carbocycles. The Hall–Kier alpha value is -0.610. The van der Waals surface area contributed by atoms with Gasteiger partial charge in [-0.05, 0) is 32.6 Å². The highest BCUT2D eigenvalue weighted by Gasteiger charge is 2.26. The predicted octanol–water partition coefficient (Wildman–Crippen LogP) is 1.64. The number of hydrogen-bond donors (Lipinski definition) is 2. The molecule has 4 heteroatoms. The van der Waals surface area contributed by atoms with Crippen LogP contribution in [0, 0.1) is 0 Å². The van der Waals surface area contributed by atoms with E-state index in [0.717, 1.165) is 32.0 Å². The van der Waals surface area contributed by atoms with Crippen molar-refractivity contribution in [2.24, 2.45) is 5.73 Å². The van der Waals surface area contributed by atoms with Gasteiger partial charge in [-0.2, -0.15) is 0 Å². The van der Waals surface area contributed by atoms with Gasteiger partial charge in [0, 0.05) is 37.6 Å². The van der Waals surface area contributed by atoms with Crippen LogP contribution >= 0.6 is 0 Å². The smallest absolute Gasteiger partial charge is 0.221 e. The van der Waals surface area contributed by atoms with Gasteiger partial charge in [-0.1, -0.05) is 19.3 Å². The summed E-state index contributed by atoms with van der Waals surface area (Å²) in [4.78, 5) is 14.3. The molecule has 1 saturated heterocycles. The first-order valence-corrected chi connectivity index (χ1v) is 7.94. The average Bonchev–Trinajstić information content (AvgIpc) is 2.39. The molecule has 0 bridgehead atoms. The van der Waals surface area contributed by atoms with Crippen molar-refractivity contribution in [1.29, 1.82) is 0 Å². The van der Waals surface area contributed by atoms with Gasteiger partial charge in [0.25, 0.3) is 0 Å². The SMILES string of the molecule is CC(N)CC(=O)NC1CCN(C2CCCCC2)CC1. The fourth-order valence-electron chi connectivity index (χ4n) is 3.43. The van der Waals surface area contributed by atoms with Crippen LogP contribution in [0.15, 0.2) is 0 Å². The van der Waals surface area contributed by atoms with Gasteiger partial charge in [0.05, 0.1) is 0 Å². The molecule has 1 atom stereocenters. The molecule has 2 rings (SSSR count). The van der Waals surface area contributed by atoms with Crippen LogP contribution in [0.3, 0.4) is 0 Å². The lowest BCUT2D eigenvalue weighted by Gasteiger charge is -2.39. The van der Waals surface area contributed by atoms with Crippen molar-refractivity contribution >= 4 is 5.91 Å². The third-order valence-electron chi connectivity index (χ3n) is 4.49. The molecule has 2 fully saturated rings. The van der Waals surface area contributed by atoms with E-state index in [4.69, 9.17) is 5.73 Å². The maximum atomic E-state index is 11.7. The number of likely N-dealkylation sites (tertiary alicyclic amines) is 1. The molecule has 0 aromatic heterocycles. The summed E-state index contributed by atoms with van der Waals surface area (Å²) < 4.78 is 0.